The van der Waals surface area contributed by atoms with Crippen molar-refractivity contribution in [2.24, 2.45) is 0 Å². The van der Waals surface area contributed by atoms with Gasteiger partial charge in [-0.1, -0.05) is 12.1 Å². The maximum Gasteiger partial charge on any atom is 0.165 e. The van der Waals surface area contributed by atoms with Crippen LogP contribution in [0.25, 0.3) is 16.9 Å². The van der Waals surface area contributed by atoms with Crippen LogP contribution in [0, 0.1) is 0 Å². The quantitative estimate of drug-likeness (QED) is 0.341. The van der Waals surface area contributed by atoms with E-state index in [4.69, 9.17) is 0 Å². The number of ketones is 1. The number of rotatable bonds is 9. The van der Waals surface area contributed by atoms with E-state index in [1.54, 1.807) is 23.4 Å². The Balaban J connectivity index is 1.23. The van der Waals surface area contributed by atoms with Gasteiger partial charge in [-0.15, -0.1) is 0 Å². The molecule has 2 aliphatic rings. The molecule has 1 saturated heterocycles. The van der Waals surface area contributed by atoms with Gasteiger partial charge in [-0.2, -0.15) is 5.10 Å². The topological polar surface area (TPSA) is 125 Å². The normalized spacial score (nSPS) is 22.1. The van der Waals surface area contributed by atoms with Crippen molar-refractivity contribution in [3.05, 3.63) is 60.9 Å². The van der Waals surface area contributed by atoms with Gasteiger partial charge < -0.3 is 19.7 Å². The van der Waals surface area contributed by atoms with Crippen LogP contribution in [0.3, 0.4) is 0 Å². The van der Waals surface area contributed by atoms with Crippen LogP contribution in [-0.4, -0.2) is 87.6 Å². The third-order valence-electron chi connectivity index (χ3n) is 7.50. The molecule has 4 heterocycles. The fourth-order valence-corrected chi connectivity index (χ4v) is 5.29. The van der Waals surface area contributed by atoms with Crippen LogP contribution >= 0.6 is 0 Å². The fraction of sp³-hybridized carbons (Fsp3) is 0.444. The molecular formula is C27H32N8O3. The molecule has 3 aromatic heterocycles. The lowest BCUT2D eigenvalue weighted by atomic mass is 9.88. The van der Waals surface area contributed by atoms with Crippen LogP contribution in [-0.2, 0) is 17.9 Å². The van der Waals surface area contributed by atoms with Crippen molar-refractivity contribution in [3.8, 4) is 5.69 Å². The number of carbonyl (C=O) groups is 1. The van der Waals surface area contributed by atoms with Crippen LogP contribution in [0.4, 0.5) is 5.82 Å². The largest absolute Gasteiger partial charge is 0.389 e. The number of aliphatic hydroxyl groups is 2. The van der Waals surface area contributed by atoms with E-state index < -0.39 is 11.7 Å². The molecule has 11 heteroatoms. The van der Waals surface area contributed by atoms with Crippen molar-refractivity contribution in [1.29, 1.82) is 0 Å². The second-order valence-corrected chi connectivity index (χ2v) is 10.5. The summed E-state index contributed by atoms with van der Waals surface area (Å²) in [5, 5.41) is 26.4. The van der Waals surface area contributed by atoms with Gasteiger partial charge in [-0.25, -0.2) is 19.6 Å². The highest BCUT2D eigenvalue weighted by atomic mass is 16.3. The molecule has 0 amide bonds. The molecule has 1 aromatic carbocycles. The average Bonchev–Trinajstić information content (AvgIpc) is 3.43. The van der Waals surface area contributed by atoms with E-state index in [-0.39, 0.29) is 25.4 Å². The standard InChI is InChI=1S/C27H32N8O3/c1-19(36)13-32-12-9-27(38,23(37)15-32)16-33-18-30-24-25(33)28-17-29-26(24)34(21-7-8-21)14-20-3-5-22(6-4-20)35-11-2-10-31-35/h2-6,10-11,17-18,21,23,37-38H,7-9,12-16H2,1H3/t23-,27-/m1/s1. The monoisotopic (exact) mass is 516 g/mol. The van der Waals surface area contributed by atoms with Gasteiger partial charge in [-0.05, 0) is 49.9 Å². The summed E-state index contributed by atoms with van der Waals surface area (Å²) in [5.74, 6) is 0.817. The number of piperidine rings is 1. The number of hydrogen-bond acceptors (Lipinski definition) is 9. The number of Topliss-reactive ketones (excluding diaryl/α,β-unsaturated/α-hetero) is 1. The number of aliphatic hydroxyl groups excluding tert-OH is 1. The van der Waals surface area contributed by atoms with E-state index in [1.165, 1.54) is 6.92 Å². The summed E-state index contributed by atoms with van der Waals surface area (Å²) in [5.41, 5.74) is 2.14. The molecule has 1 saturated carbocycles. The minimum absolute atomic E-state index is 0.0431. The van der Waals surface area contributed by atoms with Crippen LogP contribution in [0.1, 0.15) is 31.7 Å². The zero-order valence-electron chi connectivity index (χ0n) is 21.4. The molecular weight excluding hydrogens is 484 g/mol. The van der Waals surface area contributed by atoms with Gasteiger partial charge >= 0.3 is 0 Å². The number of anilines is 1. The minimum Gasteiger partial charge on any atom is -0.389 e. The Morgan fingerprint density at radius 2 is 2.00 bits per heavy atom. The molecule has 1 aliphatic heterocycles. The highest BCUT2D eigenvalue weighted by molar-refractivity contribution is 5.83. The second kappa shape index (κ2) is 9.90. The van der Waals surface area contributed by atoms with E-state index in [1.807, 2.05) is 21.8 Å². The van der Waals surface area contributed by atoms with Gasteiger partial charge in [-0.3, -0.25) is 9.69 Å². The van der Waals surface area contributed by atoms with E-state index >= 15 is 0 Å². The lowest BCUT2D eigenvalue weighted by Gasteiger charge is -2.41. The molecule has 0 bridgehead atoms. The van der Waals surface area contributed by atoms with Crippen molar-refractivity contribution < 1.29 is 15.0 Å². The number of nitrogens with zero attached hydrogens (tertiary/aromatic N) is 8. The number of aromatic nitrogens is 6. The molecule has 2 fully saturated rings. The molecule has 1 aliphatic carbocycles. The average molecular weight is 517 g/mol. The second-order valence-electron chi connectivity index (χ2n) is 10.5. The zero-order valence-corrected chi connectivity index (χ0v) is 21.4. The molecule has 198 valence electrons. The lowest BCUT2D eigenvalue weighted by molar-refractivity contribution is -0.134. The Labute approximate surface area is 220 Å². The van der Waals surface area contributed by atoms with Crippen LogP contribution < -0.4 is 4.90 Å². The molecule has 2 atom stereocenters. The minimum atomic E-state index is -1.33. The maximum atomic E-state index is 11.5. The van der Waals surface area contributed by atoms with Gasteiger partial charge in [0.25, 0.3) is 0 Å². The van der Waals surface area contributed by atoms with Crippen molar-refractivity contribution in [1.82, 2.24) is 34.2 Å². The number of fused-ring (bicyclic) bond motifs is 1. The fourth-order valence-electron chi connectivity index (χ4n) is 5.29. The first kappa shape index (κ1) is 24.7. The number of carbonyl (C=O) groups excluding carboxylic acids is 1. The Morgan fingerprint density at radius 1 is 1.18 bits per heavy atom. The summed E-state index contributed by atoms with van der Waals surface area (Å²) in [7, 11) is 0. The third kappa shape index (κ3) is 4.92. The summed E-state index contributed by atoms with van der Waals surface area (Å²) in [6.07, 6.45) is 8.45. The zero-order chi connectivity index (χ0) is 26.3. The summed E-state index contributed by atoms with van der Waals surface area (Å²) in [6.45, 7) is 3.45. The van der Waals surface area contributed by atoms with E-state index in [9.17, 15) is 15.0 Å². The molecule has 0 spiro atoms. The van der Waals surface area contributed by atoms with Crippen LogP contribution in [0.2, 0.25) is 0 Å². The first-order chi connectivity index (χ1) is 18.4. The SMILES string of the molecule is CC(=O)CN1CC[C@@](O)(Cn2cnc3c(N(Cc4ccc(-n5cccn5)cc4)C4CC4)ncnc32)[C@H](O)C1. The number of imidazole rings is 1. The maximum absolute atomic E-state index is 11.5. The van der Waals surface area contributed by atoms with Gasteiger partial charge in [0.05, 0.1) is 31.2 Å². The molecule has 2 N–H and O–H groups in total. The number of hydrogen-bond donors (Lipinski definition) is 2. The van der Waals surface area contributed by atoms with Gasteiger partial charge in [0.15, 0.2) is 17.0 Å². The third-order valence-corrected chi connectivity index (χ3v) is 7.50. The molecule has 0 unspecified atom stereocenters. The Kier molecular flexibility index (Phi) is 6.42. The molecule has 38 heavy (non-hydrogen) atoms. The van der Waals surface area contributed by atoms with E-state index in [2.05, 4.69) is 49.2 Å². The first-order valence-electron chi connectivity index (χ1n) is 13.0. The van der Waals surface area contributed by atoms with Gasteiger partial charge in [0, 0.05) is 38.1 Å². The Hall–Kier alpha value is -3.67. The highest BCUT2D eigenvalue weighted by Gasteiger charge is 2.41. The lowest BCUT2D eigenvalue weighted by Crippen LogP contribution is -2.58. The summed E-state index contributed by atoms with van der Waals surface area (Å²) in [4.78, 5) is 29.4. The van der Waals surface area contributed by atoms with Crippen molar-refractivity contribution in [3.63, 3.8) is 0 Å². The van der Waals surface area contributed by atoms with Crippen molar-refractivity contribution in [2.45, 2.75) is 57.0 Å². The summed E-state index contributed by atoms with van der Waals surface area (Å²) in [6, 6.07) is 10.6. The molecule has 4 aromatic rings. The first-order valence-corrected chi connectivity index (χ1v) is 13.0. The van der Waals surface area contributed by atoms with E-state index in [0.29, 0.717) is 36.7 Å². The van der Waals surface area contributed by atoms with Crippen molar-refractivity contribution >= 4 is 22.8 Å². The van der Waals surface area contributed by atoms with Crippen LogP contribution in [0.5, 0.6) is 0 Å². The van der Waals surface area contributed by atoms with Crippen LogP contribution in [0.15, 0.2) is 55.4 Å². The highest BCUT2D eigenvalue weighted by Crippen LogP contribution is 2.35. The Morgan fingerprint density at radius 3 is 2.68 bits per heavy atom. The smallest absolute Gasteiger partial charge is 0.165 e. The number of β-amino-alcohol motifs (C(OH)–C–C–N with tert-alkyl or cyclic N) is 1. The number of benzene rings is 1. The predicted molar refractivity (Wildman–Crippen MR) is 141 cm³/mol. The Bertz CT molecular complexity index is 1420. The number of likely N-dealkylation sites (tertiary alicyclic amines) is 1. The van der Waals surface area contributed by atoms with Gasteiger partial charge in [0.2, 0.25) is 0 Å². The molecule has 11 nitrogen and oxygen atoms in total. The predicted octanol–water partition coefficient (Wildman–Crippen LogP) is 1.57. The summed E-state index contributed by atoms with van der Waals surface area (Å²) >= 11 is 0. The summed E-state index contributed by atoms with van der Waals surface area (Å²) < 4.78 is 3.63. The van der Waals surface area contributed by atoms with Gasteiger partial charge in [0.1, 0.15) is 17.7 Å². The van der Waals surface area contributed by atoms with Crippen molar-refractivity contribution in [2.75, 3.05) is 24.5 Å². The molecule has 6 rings (SSSR count). The molecule has 0 radical (unpaired) electrons. The van der Waals surface area contributed by atoms with E-state index in [0.717, 1.165) is 29.9 Å².